The maximum atomic E-state index is 13.1. The predicted octanol–water partition coefficient (Wildman–Crippen LogP) is 2.84. The first-order chi connectivity index (χ1) is 13.2. The van der Waals surface area contributed by atoms with Crippen LogP contribution in [0.2, 0.25) is 0 Å². The largest absolute Gasteiger partial charge is 0.490 e. The van der Waals surface area contributed by atoms with E-state index in [0.29, 0.717) is 25.5 Å². The number of anilines is 1. The van der Waals surface area contributed by atoms with Crippen molar-refractivity contribution in [2.24, 2.45) is 0 Å². The summed E-state index contributed by atoms with van der Waals surface area (Å²) in [7, 11) is 0. The van der Waals surface area contributed by atoms with Gasteiger partial charge >= 0.3 is 0 Å². The number of ether oxygens (including phenoxy) is 2. The maximum Gasteiger partial charge on any atom is 0.161 e. The Morgan fingerprint density at radius 3 is 2.37 bits per heavy atom. The summed E-state index contributed by atoms with van der Waals surface area (Å²) in [5, 5.41) is 10.7. The van der Waals surface area contributed by atoms with E-state index in [1.165, 1.54) is 12.1 Å². The van der Waals surface area contributed by atoms with Crippen molar-refractivity contribution in [3.05, 3.63) is 53.8 Å². The molecule has 2 aromatic rings. The molecule has 4 rings (SSSR count). The fraction of sp³-hybridized carbons (Fsp3) is 0.429. The van der Waals surface area contributed by atoms with Gasteiger partial charge in [0, 0.05) is 44.8 Å². The average Bonchev–Trinajstić information content (AvgIpc) is 2.94. The third-order valence-electron chi connectivity index (χ3n) is 5.15. The molecule has 1 N–H and O–H groups in total. The van der Waals surface area contributed by atoms with E-state index in [4.69, 9.17) is 9.47 Å². The van der Waals surface area contributed by atoms with Gasteiger partial charge in [-0.05, 0) is 42.0 Å². The van der Waals surface area contributed by atoms with Crippen LogP contribution in [0.4, 0.5) is 10.1 Å². The Balaban J connectivity index is 1.33. The quantitative estimate of drug-likeness (QED) is 0.894. The molecule has 144 valence electrons. The minimum atomic E-state index is -0.570. The number of hydrogen-bond donors (Lipinski definition) is 1. The standard InChI is InChI=1S/C21H25FN2O3/c22-17-3-5-18(6-4-17)24-10-8-23(9-11-24)15-19(25)16-2-7-20-21(14-16)27-13-1-12-26-20/h2-7,14,19,25H,1,8-13,15H2/t19-/m0/s1. The molecular formula is C21H25FN2O3. The van der Waals surface area contributed by atoms with Crippen LogP contribution in [0.1, 0.15) is 18.1 Å². The molecule has 0 saturated carbocycles. The number of fused-ring (bicyclic) bond motifs is 1. The van der Waals surface area contributed by atoms with E-state index >= 15 is 0 Å². The molecule has 2 aliphatic rings. The summed E-state index contributed by atoms with van der Waals surface area (Å²) in [5.74, 6) is 1.25. The highest BCUT2D eigenvalue weighted by Crippen LogP contribution is 2.32. The molecule has 0 amide bonds. The van der Waals surface area contributed by atoms with Crippen molar-refractivity contribution in [1.29, 1.82) is 0 Å². The van der Waals surface area contributed by atoms with Crippen LogP contribution in [0.25, 0.3) is 0 Å². The van der Waals surface area contributed by atoms with Crippen molar-refractivity contribution in [1.82, 2.24) is 4.90 Å². The van der Waals surface area contributed by atoms with Gasteiger partial charge in [-0.2, -0.15) is 0 Å². The van der Waals surface area contributed by atoms with Gasteiger partial charge in [-0.15, -0.1) is 0 Å². The fourth-order valence-corrected chi connectivity index (χ4v) is 3.58. The summed E-state index contributed by atoms with van der Waals surface area (Å²) in [6.45, 7) is 5.32. The lowest BCUT2D eigenvalue weighted by atomic mass is 10.1. The number of halogens is 1. The van der Waals surface area contributed by atoms with E-state index in [1.807, 2.05) is 30.3 Å². The molecule has 0 spiro atoms. The smallest absolute Gasteiger partial charge is 0.161 e. The first kappa shape index (κ1) is 18.1. The predicted molar refractivity (Wildman–Crippen MR) is 102 cm³/mol. The van der Waals surface area contributed by atoms with E-state index in [9.17, 15) is 9.50 Å². The van der Waals surface area contributed by atoms with E-state index < -0.39 is 6.10 Å². The number of aliphatic hydroxyl groups is 1. The molecule has 0 bridgehead atoms. The Morgan fingerprint density at radius 1 is 0.926 bits per heavy atom. The number of nitrogens with zero attached hydrogens (tertiary/aromatic N) is 2. The number of β-amino-alcohol motifs (C(OH)–C–C–N with tert-alkyl or cyclic N) is 1. The highest BCUT2D eigenvalue weighted by molar-refractivity contribution is 5.47. The summed E-state index contributed by atoms with van der Waals surface area (Å²) in [4.78, 5) is 4.50. The molecule has 2 aromatic carbocycles. The second-order valence-electron chi connectivity index (χ2n) is 7.04. The van der Waals surface area contributed by atoms with Gasteiger partial charge in [-0.25, -0.2) is 4.39 Å². The highest BCUT2D eigenvalue weighted by Gasteiger charge is 2.21. The molecule has 1 saturated heterocycles. The van der Waals surface area contributed by atoms with Gasteiger partial charge in [0.15, 0.2) is 11.5 Å². The van der Waals surface area contributed by atoms with Crippen LogP contribution in [0.5, 0.6) is 11.5 Å². The summed E-state index contributed by atoms with van der Waals surface area (Å²) in [6, 6.07) is 12.3. The second kappa shape index (κ2) is 8.15. The van der Waals surface area contributed by atoms with Crippen LogP contribution < -0.4 is 14.4 Å². The Labute approximate surface area is 158 Å². The summed E-state index contributed by atoms with van der Waals surface area (Å²) < 4.78 is 24.4. The van der Waals surface area contributed by atoms with Crippen LogP contribution in [0.3, 0.4) is 0 Å². The lowest BCUT2D eigenvalue weighted by Crippen LogP contribution is -2.47. The van der Waals surface area contributed by atoms with Crippen LogP contribution in [-0.4, -0.2) is 55.9 Å². The SMILES string of the molecule is O[C@@H](CN1CCN(c2ccc(F)cc2)CC1)c1ccc2c(c1)OCCCO2. The van der Waals surface area contributed by atoms with Gasteiger partial charge in [0.1, 0.15) is 5.82 Å². The molecule has 0 aromatic heterocycles. The minimum Gasteiger partial charge on any atom is -0.490 e. The average molecular weight is 372 g/mol. The summed E-state index contributed by atoms with van der Waals surface area (Å²) in [5.41, 5.74) is 1.89. The molecular weight excluding hydrogens is 347 g/mol. The monoisotopic (exact) mass is 372 g/mol. The zero-order valence-corrected chi connectivity index (χ0v) is 15.3. The second-order valence-corrected chi connectivity index (χ2v) is 7.04. The molecule has 5 nitrogen and oxygen atoms in total. The van der Waals surface area contributed by atoms with E-state index in [-0.39, 0.29) is 5.82 Å². The zero-order chi connectivity index (χ0) is 18.6. The van der Waals surface area contributed by atoms with Crippen molar-refractivity contribution < 1.29 is 19.0 Å². The number of piperazine rings is 1. The molecule has 2 aliphatic heterocycles. The number of benzene rings is 2. The topological polar surface area (TPSA) is 45.2 Å². The Morgan fingerprint density at radius 2 is 1.63 bits per heavy atom. The molecule has 27 heavy (non-hydrogen) atoms. The van der Waals surface area contributed by atoms with Crippen molar-refractivity contribution >= 4 is 5.69 Å². The van der Waals surface area contributed by atoms with Crippen molar-refractivity contribution in [3.8, 4) is 11.5 Å². The number of hydrogen-bond acceptors (Lipinski definition) is 5. The van der Waals surface area contributed by atoms with Gasteiger partial charge in [-0.1, -0.05) is 6.07 Å². The third kappa shape index (κ3) is 4.34. The van der Waals surface area contributed by atoms with Crippen LogP contribution in [-0.2, 0) is 0 Å². The number of rotatable bonds is 4. The maximum absolute atomic E-state index is 13.1. The molecule has 1 atom stereocenters. The first-order valence-electron chi connectivity index (χ1n) is 9.49. The first-order valence-corrected chi connectivity index (χ1v) is 9.49. The zero-order valence-electron chi connectivity index (χ0n) is 15.3. The van der Waals surface area contributed by atoms with Crippen LogP contribution in [0, 0.1) is 5.82 Å². The number of aliphatic hydroxyl groups excluding tert-OH is 1. The minimum absolute atomic E-state index is 0.212. The lowest BCUT2D eigenvalue weighted by Gasteiger charge is -2.37. The molecule has 1 fully saturated rings. The van der Waals surface area contributed by atoms with E-state index in [2.05, 4.69) is 9.80 Å². The molecule has 0 unspecified atom stereocenters. The van der Waals surface area contributed by atoms with Crippen LogP contribution in [0.15, 0.2) is 42.5 Å². The van der Waals surface area contributed by atoms with Gasteiger partial charge in [0.05, 0.1) is 19.3 Å². The van der Waals surface area contributed by atoms with Crippen molar-refractivity contribution in [2.45, 2.75) is 12.5 Å². The van der Waals surface area contributed by atoms with E-state index in [1.54, 1.807) is 0 Å². The van der Waals surface area contributed by atoms with Crippen molar-refractivity contribution in [3.63, 3.8) is 0 Å². The fourth-order valence-electron chi connectivity index (χ4n) is 3.58. The van der Waals surface area contributed by atoms with Crippen LogP contribution >= 0.6 is 0 Å². The Kier molecular flexibility index (Phi) is 5.45. The van der Waals surface area contributed by atoms with Gasteiger partial charge in [0.25, 0.3) is 0 Å². The summed E-state index contributed by atoms with van der Waals surface area (Å²) in [6.07, 6.45) is 0.296. The van der Waals surface area contributed by atoms with Gasteiger partial charge in [0.2, 0.25) is 0 Å². The third-order valence-corrected chi connectivity index (χ3v) is 5.15. The molecule has 2 heterocycles. The van der Waals surface area contributed by atoms with Gasteiger partial charge < -0.3 is 19.5 Å². The van der Waals surface area contributed by atoms with Crippen molar-refractivity contribution in [2.75, 3.05) is 50.8 Å². The normalized spacial score (nSPS) is 18.8. The molecule has 6 heteroatoms. The highest BCUT2D eigenvalue weighted by atomic mass is 19.1. The van der Waals surface area contributed by atoms with Gasteiger partial charge in [-0.3, -0.25) is 4.90 Å². The Bertz CT molecular complexity index is 761. The Hall–Kier alpha value is -2.31. The lowest BCUT2D eigenvalue weighted by molar-refractivity contribution is 0.109. The molecule has 0 radical (unpaired) electrons. The van der Waals surface area contributed by atoms with E-state index in [0.717, 1.165) is 49.6 Å². The molecule has 0 aliphatic carbocycles. The summed E-state index contributed by atoms with van der Waals surface area (Å²) >= 11 is 0.